The number of nitrogens with zero attached hydrogens (tertiary/aromatic N) is 5. The Hall–Kier alpha value is -5.45. The van der Waals surface area contributed by atoms with Gasteiger partial charge < -0.3 is 13.9 Å². The second kappa shape index (κ2) is 13.0. The molecule has 0 saturated heterocycles. The number of pyridine rings is 1. The van der Waals surface area contributed by atoms with Crippen LogP contribution < -0.4 is 4.74 Å². The fraction of sp³-hybridized carbons (Fsp3) is 0.136. The van der Waals surface area contributed by atoms with Gasteiger partial charge >= 0.3 is 21.1 Å². The zero-order chi connectivity index (χ0) is 35.8. The summed E-state index contributed by atoms with van der Waals surface area (Å²) in [6.45, 7) is 7.71. The van der Waals surface area contributed by atoms with Crippen molar-refractivity contribution in [3.63, 3.8) is 0 Å². The van der Waals surface area contributed by atoms with Crippen LogP contribution in [-0.4, -0.2) is 23.9 Å². The van der Waals surface area contributed by atoms with E-state index in [0.717, 1.165) is 66.1 Å². The van der Waals surface area contributed by atoms with Crippen LogP contribution in [0.15, 0.2) is 128 Å². The fourth-order valence-corrected chi connectivity index (χ4v) is 7.18. The molecule has 0 unspecified atom stereocenters. The van der Waals surface area contributed by atoms with Crippen LogP contribution >= 0.6 is 0 Å². The molecule has 9 rings (SSSR count). The van der Waals surface area contributed by atoms with E-state index >= 15 is 0 Å². The van der Waals surface area contributed by atoms with Gasteiger partial charge in [-0.1, -0.05) is 87.8 Å². The van der Waals surface area contributed by atoms with Gasteiger partial charge in [0, 0.05) is 55.2 Å². The van der Waals surface area contributed by atoms with Crippen LogP contribution in [0.5, 0.6) is 11.5 Å². The molecule has 51 heavy (non-hydrogen) atoms. The van der Waals surface area contributed by atoms with Gasteiger partial charge in [0.1, 0.15) is 5.82 Å². The van der Waals surface area contributed by atoms with Crippen molar-refractivity contribution in [1.29, 1.82) is 0 Å². The summed E-state index contributed by atoms with van der Waals surface area (Å²) in [4.78, 5) is 4.95. The minimum absolute atomic E-state index is 0. The van der Waals surface area contributed by atoms with Crippen LogP contribution in [0.25, 0.3) is 60.8 Å². The SMILES string of the molecule is [2H]C(C)(C)c1cccc2c3cccc(C([2H])(C)C)c3n(-c3ccnc(-n4c5[c-]c(Oc6[c-]c(-n7cccn7)ccc6)ccc5c5ccccc54)c3)c12.[Pt+2]. The van der Waals surface area contributed by atoms with Crippen LogP contribution in [-0.2, 0) is 21.1 Å². The number of hydrogen-bond acceptors (Lipinski definition) is 3. The molecule has 0 radical (unpaired) electrons. The molecule has 0 atom stereocenters. The molecule has 0 N–H and O–H groups in total. The Balaban J connectivity index is 0.00000400. The number of para-hydroxylation sites is 3. The summed E-state index contributed by atoms with van der Waals surface area (Å²) < 4.78 is 30.8. The van der Waals surface area contributed by atoms with Gasteiger partial charge in [-0.15, -0.1) is 35.7 Å². The van der Waals surface area contributed by atoms with E-state index in [9.17, 15) is 0 Å². The molecule has 5 aromatic carbocycles. The third-order valence-electron chi connectivity index (χ3n) is 9.38. The minimum Gasteiger partial charge on any atom is -0.509 e. The Morgan fingerprint density at radius 2 is 1.33 bits per heavy atom. The zero-order valence-electron chi connectivity index (χ0n) is 30.6. The number of aromatic nitrogens is 5. The van der Waals surface area contributed by atoms with Gasteiger partial charge in [0.15, 0.2) is 0 Å². The normalized spacial score (nSPS) is 12.7. The maximum atomic E-state index is 9.16. The standard InChI is InChI=1S/C44H35N5O.Pt/c1-28(2)34-14-8-16-38-39-17-9-15-35(29(3)4)44(39)48(43(34)38)31-21-23-45-42(26-31)49-40-18-6-5-13-36(40)37-20-19-33(27-41(37)49)50-32-12-7-11-30(25-32)47-24-10-22-46-47;/h5-24,26,28-29H,1-4H3;/q-2;+2/i28D,29D;. The van der Waals surface area contributed by atoms with Gasteiger partial charge in [0.2, 0.25) is 0 Å². The minimum atomic E-state index is -0.869. The van der Waals surface area contributed by atoms with Gasteiger partial charge in [0.25, 0.3) is 0 Å². The Bertz CT molecular complexity index is 2740. The van der Waals surface area contributed by atoms with Crippen molar-refractivity contribution in [2.75, 3.05) is 0 Å². The van der Waals surface area contributed by atoms with Gasteiger partial charge in [-0.2, -0.15) is 17.2 Å². The smallest absolute Gasteiger partial charge is 0.509 e. The molecule has 0 spiro atoms. The molecule has 4 aromatic heterocycles. The van der Waals surface area contributed by atoms with Crippen molar-refractivity contribution in [3.8, 4) is 28.7 Å². The molecule has 0 aliphatic heterocycles. The average Bonchev–Trinajstić information content (AvgIpc) is 3.86. The zero-order valence-corrected chi connectivity index (χ0v) is 30.9. The van der Waals surface area contributed by atoms with E-state index in [1.165, 1.54) is 0 Å². The van der Waals surface area contributed by atoms with Crippen molar-refractivity contribution in [2.45, 2.75) is 39.5 Å². The topological polar surface area (TPSA) is 49.8 Å². The molecule has 0 amide bonds. The number of hydrogen-bond donors (Lipinski definition) is 0. The number of rotatable bonds is 7. The van der Waals surface area contributed by atoms with Crippen molar-refractivity contribution in [1.82, 2.24) is 23.9 Å². The van der Waals surface area contributed by atoms with Crippen LogP contribution in [0, 0.1) is 12.1 Å². The number of fused-ring (bicyclic) bond motifs is 6. The second-order valence-electron chi connectivity index (χ2n) is 13.0. The summed E-state index contributed by atoms with van der Waals surface area (Å²) in [6.07, 6.45) is 5.44. The maximum absolute atomic E-state index is 9.16. The first-order valence-electron chi connectivity index (χ1n) is 17.8. The maximum Gasteiger partial charge on any atom is 2.00 e. The van der Waals surface area contributed by atoms with Gasteiger partial charge in [-0.05, 0) is 52.2 Å². The third kappa shape index (κ3) is 5.46. The van der Waals surface area contributed by atoms with Gasteiger partial charge in [0.05, 0.1) is 16.7 Å². The first-order chi connectivity index (χ1) is 25.1. The molecule has 0 aliphatic rings. The van der Waals surface area contributed by atoms with E-state index in [1.54, 1.807) is 10.9 Å². The quantitative estimate of drug-likeness (QED) is 0.150. The Morgan fingerprint density at radius 1 is 0.647 bits per heavy atom. The van der Waals surface area contributed by atoms with Gasteiger partial charge in [-0.25, -0.2) is 4.98 Å². The largest absolute Gasteiger partial charge is 2.00 e. The molecule has 0 fully saturated rings. The Morgan fingerprint density at radius 3 is 2.04 bits per heavy atom. The number of benzene rings is 5. The summed E-state index contributed by atoms with van der Waals surface area (Å²) in [6, 6.07) is 43.3. The van der Waals surface area contributed by atoms with Crippen LogP contribution in [0.3, 0.4) is 0 Å². The molecular weight excluding hydrogens is 810 g/mol. The first-order valence-corrected chi connectivity index (χ1v) is 16.8. The molecule has 7 heteroatoms. The first kappa shape index (κ1) is 30.4. The predicted molar refractivity (Wildman–Crippen MR) is 202 cm³/mol. The molecular formula is C44H35N5OPt. The predicted octanol–water partition coefficient (Wildman–Crippen LogP) is 11.1. The van der Waals surface area contributed by atoms with E-state index < -0.39 is 11.8 Å². The molecule has 4 heterocycles. The summed E-state index contributed by atoms with van der Waals surface area (Å²) in [7, 11) is 0. The van der Waals surface area contributed by atoms with Crippen LogP contribution in [0.4, 0.5) is 0 Å². The Labute approximate surface area is 314 Å². The van der Waals surface area contributed by atoms with E-state index in [1.807, 2.05) is 113 Å². The van der Waals surface area contributed by atoms with Crippen molar-refractivity contribution in [2.24, 2.45) is 0 Å². The molecule has 9 aromatic rings. The van der Waals surface area contributed by atoms with Crippen LogP contribution in [0.2, 0.25) is 0 Å². The monoisotopic (exact) mass is 846 g/mol. The third-order valence-corrected chi connectivity index (χ3v) is 9.38. The van der Waals surface area contributed by atoms with E-state index in [2.05, 4.69) is 62.8 Å². The van der Waals surface area contributed by atoms with Crippen LogP contribution in [0.1, 0.15) is 53.4 Å². The van der Waals surface area contributed by atoms with Gasteiger partial charge in [-0.3, -0.25) is 4.68 Å². The summed E-state index contributed by atoms with van der Waals surface area (Å²) in [5.74, 6) is 0.0781. The van der Waals surface area contributed by atoms with Crippen molar-refractivity contribution in [3.05, 3.63) is 151 Å². The molecule has 0 saturated carbocycles. The van der Waals surface area contributed by atoms with E-state index in [4.69, 9.17) is 12.5 Å². The van der Waals surface area contributed by atoms with Crippen molar-refractivity contribution < 1.29 is 28.5 Å². The summed E-state index contributed by atoms with van der Waals surface area (Å²) in [5, 5.41) is 8.54. The van der Waals surface area contributed by atoms with E-state index in [0.29, 0.717) is 17.3 Å². The van der Waals surface area contributed by atoms with Crippen molar-refractivity contribution >= 4 is 43.6 Å². The molecule has 252 valence electrons. The fourth-order valence-electron chi connectivity index (χ4n) is 7.18. The Kier molecular flexibility index (Phi) is 7.76. The second-order valence-corrected chi connectivity index (χ2v) is 13.0. The molecule has 0 aliphatic carbocycles. The molecule has 6 nitrogen and oxygen atoms in total. The summed E-state index contributed by atoms with van der Waals surface area (Å²) in [5.41, 5.74) is 7.23. The molecule has 0 bridgehead atoms. The number of ether oxygens (including phenoxy) is 1. The van der Waals surface area contributed by atoms with E-state index in [-0.39, 0.29) is 21.1 Å². The summed E-state index contributed by atoms with van der Waals surface area (Å²) >= 11 is 0. The average molecular weight is 847 g/mol.